The minimum absolute atomic E-state index is 0.0346. The summed E-state index contributed by atoms with van der Waals surface area (Å²) in [5.74, 6) is -1.22. The van der Waals surface area contributed by atoms with Crippen molar-refractivity contribution in [3.63, 3.8) is 0 Å². The van der Waals surface area contributed by atoms with Crippen LogP contribution in [0.25, 0.3) is 11.0 Å². The number of pyridine rings is 1. The summed E-state index contributed by atoms with van der Waals surface area (Å²) in [5, 5.41) is 12.3. The Balaban J connectivity index is 2.10. The fourth-order valence-electron chi connectivity index (χ4n) is 2.71. The Morgan fingerprint density at radius 1 is 1.39 bits per heavy atom. The molecule has 0 fully saturated rings. The van der Waals surface area contributed by atoms with Crippen LogP contribution in [-0.4, -0.2) is 28.3 Å². The first kappa shape index (κ1) is 19.6. The molecule has 0 saturated carbocycles. The molecular formula is C19H20FN3O5. The maximum Gasteiger partial charge on any atom is 0.282 e. The molecule has 0 radical (unpaired) electrons. The number of fused-ring (bicyclic) bond motifs is 1. The fraction of sp³-hybridized carbons (Fsp3) is 0.263. The third-order valence-corrected chi connectivity index (χ3v) is 4.09. The van der Waals surface area contributed by atoms with Crippen LogP contribution >= 0.6 is 0 Å². The molecule has 0 saturated heterocycles. The van der Waals surface area contributed by atoms with Crippen LogP contribution in [0.2, 0.25) is 0 Å². The largest absolute Gasteiger partial charge is 0.463 e. The quantitative estimate of drug-likeness (QED) is 0.559. The lowest BCUT2D eigenvalue weighted by molar-refractivity contribution is -0.00680. The number of aliphatic hydroxyl groups is 1. The minimum Gasteiger partial charge on any atom is -0.463 e. The zero-order valence-corrected chi connectivity index (χ0v) is 15.6. The smallest absolute Gasteiger partial charge is 0.282 e. The second-order valence-corrected chi connectivity index (χ2v) is 6.45. The van der Waals surface area contributed by atoms with Crippen LogP contribution in [0.3, 0.4) is 0 Å². The molecule has 28 heavy (non-hydrogen) atoms. The van der Waals surface area contributed by atoms with Gasteiger partial charge in [-0.1, -0.05) is 6.07 Å². The van der Waals surface area contributed by atoms with Gasteiger partial charge < -0.3 is 14.8 Å². The summed E-state index contributed by atoms with van der Waals surface area (Å²) < 4.78 is 20.9. The number of carbonyl (C=O) groups is 1. The van der Waals surface area contributed by atoms with E-state index in [-0.39, 0.29) is 34.6 Å². The summed E-state index contributed by atoms with van der Waals surface area (Å²) in [7, 11) is 1.45. The van der Waals surface area contributed by atoms with Crippen molar-refractivity contribution in [1.82, 2.24) is 10.0 Å². The Morgan fingerprint density at radius 2 is 2.14 bits per heavy atom. The van der Waals surface area contributed by atoms with E-state index in [1.165, 1.54) is 43.0 Å². The lowest BCUT2D eigenvalue weighted by Crippen LogP contribution is -2.31. The van der Waals surface area contributed by atoms with E-state index in [9.17, 15) is 19.1 Å². The van der Waals surface area contributed by atoms with Crippen LogP contribution in [0, 0.1) is 12.7 Å². The molecule has 1 unspecified atom stereocenters. The molecular weight excluding hydrogens is 369 g/mol. The molecule has 3 N–H and O–H groups in total. The third kappa shape index (κ3) is 3.75. The first-order valence-electron chi connectivity index (χ1n) is 8.53. The van der Waals surface area contributed by atoms with Crippen molar-refractivity contribution in [2.24, 2.45) is 7.05 Å². The van der Waals surface area contributed by atoms with E-state index >= 15 is 0 Å². The fourth-order valence-corrected chi connectivity index (χ4v) is 2.71. The maximum atomic E-state index is 14.3. The number of aliphatic hydroxyl groups excluding tert-OH is 1. The zero-order chi connectivity index (χ0) is 20.4. The number of aromatic nitrogens is 1. The molecule has 0 spiro atoms. The number of hydrogen-bond donors (Lipinski definition) is 3. The number of halogens is 1. The molecule has 1 aromatic carbocycles. The van der Waals surface area contributed by atoms with Crippen LogP contribution in [-0.2, 0) is 11.9 Å². The molecule has 2 aromatic heterocycles. The van der Waals surface area contributed by atoms with Gasteiger partial charge in [0.1, 0.15) is 23.8 Å². The highest BCUT2D eigenvalue weighted by atomic mass is 19.1. The Bertz CT molecular complexity index is 1090. The number of nitrogens with one attached hydrogen (secondary N) is 2. The van der Waals surface area contributed by atoms with E-state index in [0.717, 1.165) is 5.56 Å². The topological polar surface area (TPSA) is 106 Å². The first-order valence-corrected chi connectivity index (χ1v) is 8.53. The first-order chi connectivity index (χ1) is 13.3. The van der Waals surface area contributed by atoms with Crippen LogP contribution in [0.15, 0.2) is 39.7 Å². The van der Waals surface area contributed by atoms with Gasteiger partial charge in [0.25, 0.3) is 11.5 Å². The molecule has 1 atom stereocenters. The summed E-state index contributed by atoms with van der Waals surface area (Å²) in [6, 6.07) is 5.98. The second-order valence-electron chi connectivity index (χ2n) is 6.45. The summed E-state index contributed by atoms with van der Waals surface area (Å²) in [5.41, 5.74) is 2.60. The second kappa shape index (κ2) is 7.83. The highest BCUT2D eigenvalue weighted by Crippen LogP contribution is 2.28. The molecule has 0 aliphatic carbocycles. The van der Waals surface area contributed by atoms with Crippen molar-refractivity contribution in [2.75, 3.05) is 11.9 Å². The van der Waals surface area contributed by atoms with Crippen molar-refractivity contribution in [2.45, 2.75) is 20.0 Å². The molecule has 148 valence electrons. The molecule has 9 heteroatoms. The molecule has 1 amide bonds. The minimum atomic E-state index is -0.789. The number of anilines is 2. The van der Waals surface area contributed by atoms with Gasteiger partial charge in [0, 0.05) is 7.05 Å². The van der Waals surface area contributed by atoms with Gasteiger partial charge in [0.05, 0.1) is 23.4 Å². The SMILES string of the molecule is Cc1ccc(Nc2c(C(=O)NOCC(C)O)c3occc3c(=O)n2C)c(F)c1. The van der Waals surface area contributed by atoms with Crippen LogP contribution in [0.1, 0.15) is 22.8 Å². The highest BCUT2D eigenvalue weighted by Gasteiger charge is 2.24. The predicted octanol–water partition coefficient (Wildman–Crippen LogP) is 2.36. The van der Waals surface area contributed by atoms with Gasteiger partial charge in [-0.2, -0.15) is 0 Å². The van der Waals surface area contributed by atoms with Crippen LogP contribution < -0.4 is 16.4 Å². The summed E-state index contributed by atoms with van der Waals surface area (Å²) in [4.78, 5) is 30.3. The molecule has 3 rings (SSSR count). The van der Waals surface area contributed by atoms with Gasteiger partial charge >= 0.3 is 0 Å². The van der Waals surface area contributed by atoms with Gasteiger partial charge in [-0.3, -0.25) is 19.0 Å². The Morgan fingerprint density at radius 3 is 2.82 bits per heavy atom. The lowest BCUT2D eigenvalue weighted by atomic mass is 10.1. The summed E-state index contributed by atoms with van der Waals surface area (Å²) in [6.45, 7) is 3.11. The Labute approximate surface area is 159 Å². The van der Waals surface area contributed by atoms with Gasteiger partial charge in [0.15, 0.2) is 5.58 Å². The van der Waals surface area contributed by atoms with Gasteiger partial charge in [0.2, 0.25) is 0 Å². The lowest BCUT2D eigenvalue weighted by Gasteiger charge is -2.17. The van der Waals surface area contributed by atoms with E-state index in [1.807, 2.05) is 0 Å². The number of benzene rings is 1. The van der Waals surface area contributed by atoms with Crippen LogP contribution in [0.4, 0.5) is 15.9 Å². The predicted molar refractivity (Wildman–Crippen MR) is 101 cm³/mol. The number of nitrogens with zero attached hydrogens (tertiary/aromatic N) is 1. The van der Waals surface area contributed by atoms with E-state index in [4.69, 9.17) is 9.25 Å². The molecule has 0 aliphatic heterocycles. The van der Waals surface area contributed by atoms with Crippen molar-refractivity contribution >= 4 is 28.4 Å². The molecule has 2 heterocycles. The number of carbonyl (C=O) groups excluding carboxylic acids is 1. The van der Waals surface area contributed by atoms with E-state index in [1.54, 1.807) is 13.0 Å². The number of amides is 1. The number of hydroxylamine groups is 1. The Hall–Kier alpha value is -3.17. The highest BCUT2D eigenvalue weighted by molar-refractivity contribution is 6.09. The molecule has 0 bridgehead atoms. The number of rotatable bonds is 6. The van der Waals surface area contributed by atoms with Crippen molar-refractivity contribution in [3.05, 3.63) is 57.8 Å². The molecule has 0 aliphatic rings. The normalized spacial score (nSPS) is 12.2. The van der Waals surface area contributed by atoms with E-state index < -0.39 is 23.4 Å². The number of aryl methyl sites for hydroxylation is 1. The van der Waals surface area contributed by atoms with Crippen molar-refractivity contribution < 1.29 is 23.5 Å². The molecule has 8 nitrogen and oxygen atoms in total. The average molecular weight is 389 g/mol. The zero-order valence-electron chi connectivity index (χ0n) is 15.6. The van der Waals surface area contributed by atoms with Crippen LogP contribution in [0.5, 0.6) is 0 Å². The van der Waals surface area contributed by atoms with E-state index in [0.29, 0.717) is 0 Å². The summed E-state index contributed by atoms with van der Waals surface area (Å²) in [6.07, 6.45) is 0.499. The van der Waals surface area contributed by atoms with E-state index in [2.05, 4.69) is 10.8 Å². The average Bonchev–Trinajstić information content (AvgIpc) is 3.10. The summed E-state index contributed by atoms with van der Waals surface area (Å²) >= 11 is 0. The van der Waals surface area contributed by atoms with Crippen molar-refractivity contribution in [3.8, 4) is 0 Å². The number of hydrogen-bond acceptors (Lipinski definition) is 6. The molecule has 3 aromatic rings. The van der Waals surface area contributed by atoms with Gasteiger partial charge in [-0.15, -0.1) is 0 Å². The maximum absolute atomic E-state index is 14.3. The third-order valence-electron chi connectivity index (χ3n) is 4.09. The number of furan rings is 1. The standard InChI is InChI=1S/C19H20FN3O5/c1-10-4-5-14(13(20)8-10)21-17-15(18(25)22-28-9-11(2)24)16-12(6-7-27-16)19(26)23(17)3/h4-8,11,21,24H,9H2,1-3H3,(H,22,25). The Kier molecular flexibility index (Phi) is 5.48. The van der Waals surface area contributed by atoms with Crippen molar-refractivity contribution in [1.29, 1.82) is 0 Å². The monoisotopic (exact) mass is 389 g/mol. The van der Waals surface area contributed by atoms with Gasteiger partial charge in [-0.05, 0) is 37.6 Å². The van der Waals surface area contributed by atoms with Gasteiger partial charge in [-0.25, -0.2) is 9.87 Å².